The van der Waals surface area contributed by atoms with Crippen LogP contribution in [0.5, 0.6) is 5.75 Å². The van der Waals surface area contributed by atoms with Gasteiger partial charge in [0.2, 0.25) is 0 Å². The predicted octanol–water partition coefficient (Wildman–Crippen LogP) is 3.07. The average molecular weight is 350 g/mol. The van der Waals surface area contributed by atoms with Gasteiger partial charge in [-0.15, -0.1) is 0 Å². The molecule has 0 aliphatic carbocycles. The molecular formula is C16H20BrN3O. The van der Waals surface area contributed by atoms with E-state index in [-0.39, 0.29) is 0 Å². The van der Waals surface area contributed by atoms with E-state index in [0.717, 1.165) is 58.7 Å². The number of piperazine rings is 1. The van der Waals surface area contributed by atoms with E-state index in [1.165, 1.54) is 0 Å². The van der Waals surface area contributed by atoms with Crippen LogP contribution >= 0.6 is 15.9 Å². The van der Waals surface area contributed by atoms with Gasteiger partial charge in [0.05, 0.1) is 18.3 Å². The molecule has 1 aliphatic heterocycles. The second-order valence-electron chi connectivity index (χ2n) is 5.58. The number of methoxy groups -OCH3 is 1. The number of pyridine rings is 1. The van der Waals surface area contributed by atoms with Crippen LogP contribution in [-0.4, -0.2) is 50.2 Å². The number of aryl methyl sites for hydroxylation is 1. The van der Waals surface area contributed by atoms with Gasteiger partial charge >= 0.3 is 0 Å². The molecule has 1 aromatic heterocycles. The van der Waals surface area contributed by atoms with Crippen molar-refractivity contribution < 1.29 is 4.74 Å². The molecular weight excluding hydrogens is 330 g/mol. The molecule has 112 valence electrons. The van der Waals surface area contributed by atoms with Gasteiger partial charge in [-0.05, 0) is 26.1 Å². The number of anilines is 1. The molecule has 0 saturated carbocycles. The Morgan fingerprint density at radius 1 is 1.14 bits per heavy atom. The van der Waals surface area contributed by atoms with Gasteiger partial charge < -0.3 is 14.5 Å². The zero-order chi connectivity index (χ0) is 15.0. The number of fused-ring (bicyclic) bond motifs is 1. The van der Waals surface area contributed by atoms with Crippen LogP contribution in [0.15, 0.2) is 22.7 Å². The Morgan fingerprint density at radius 3 is 2.52 bits per heavy atom. The van der Waals surface area contributed by atoms with Crippen molar-refractivity contribution in [2.75, 3.05) is 45.2 Å². The van der Waals surface area contributed by atoms with Crippen LogP contribution in [0.3, 0.4) is 0 Å². The third-order valence-electron chi connectivity index (χ3n) is 4.03. The lowest BCUT2D eigenvalue weighted by atomic mass is 10.1. The first-order valence-corrected chi connectivity index (χ1v) is 7.96. The van der Waals surface area contributed by atoms with Crippen LogP contribution in [0.4, 0.5) is 5.69 Å². The van der Waals surface area contributed by atoms with Crippen molar-refractivity contribution in [2.24, 2.45) is 0 Å². The average Bonchev–Trinajstić information content (AvgIpc) is 2.47. The highest BCUT2D eigenvalue weighted by Gasteiger charge is 2.19. The van der Waals surface area contributed by atoms with Gasteiger partial charge in [-0.3, -0.25) is 4.98 Å². The summed E-state index contributed by atoms with van der Waals surface area (Å²) < 4.78 is 6.69. The van der Waals surface area contributed by atoms with Crippen molar-refractivity contribution in [1.82, 2.24) is 9.88 Å². The standard InChI is InChI=1S/C16H20BrN3O/c1-11-8-13(17)12-9-15(16(21-3)10-14(12)18-11)20-6-4-19(2)5-7-20/h8-10H,4-7H2,1-3H3. The lowest BCUT2D eigenvalue weighted by Crippen LogP contribution is -2.44. The fourth-order valence-electron chi connectivity index (χ4n) is 2.78. The van der Waals surface area contributed by atoms with Gasteiger partial charge in [-0.1, -0.05) is 15.9 Å². The van der Waals surface area contributed by atoms with Crippen LogP contribution in [0, 0.1) is 6.92 Å². The number of nitrogens with zero attached hydrogens (tertiary/aromatic N) is 3. The fraction of sp³-hybridized carbons (Fsp3) is 0.438. The van der Waals surface area contributed by atoms with Crippen LogP contribution < -0.4 is 9.64 Å². The Bertz CT molecular complexity index is 666. The second-order valence-corrected chi connectivity index (χ2v) is 6.43. The maximum absolute atomic E-state index is 5.60. The minimum absolute atomic E-state index is 0.900. The molecule has 21 heavy (non-hydrogen) atoms. The molecule has 0 spiro atoms. The normalized spacial score (nSPS) is 16.5. The zero-order valence-corrected chi connectivity index (χ0v) is 14.3. The SMILES string of the molecule is COc1cc2nc(C)cc(Br)c2cc1N1CCN(C)CC1. The van der Waals surface area contributed by atoms with E-state index in [4.69, 9.17) is 4.74 Å². The first-order valence-electron chi connectivity index (χ1n) is 7.17. The fourth-order valence-corrected chi connectivity index (χ4v) is 3.43. The number of aromatic nitrogens is 1. The summed E-state index contributed by atoms with van der Waals surface area (Å²) in [7, 11) is 3.89. The number of likely N-dealkylation sites (N-methyl/N-ethyl adjacent to an activating group) is 1. The van der Waals surface area contributed by atoms with E-state index in [1.807, 2.05) is 13.0 Å². The monoisotopic (exact) mass is 349 g/mol. The van der Waals surface area contributed by atoms with E-state index in [0.29, 0.717) is 0 Å². The Kier molecular flexibility index (Phi) is 4.04. The Balaban J connectivity index is 2.09. The lowest BCUT2D eigenvalue weighted by molar-refractivity contribution is 0.311. The molecule has 0 radical (unpaired) electrons. The summed E-state index contributed by atoms with van der Waals surface area (Å²) in [6, 6.07) is 6.29. The van der Waals surface area contributed by atoms with Gasteiger partial charge in [-0.25, -0.2) is 0 Å². The van der Waals surface area contributed by atoms with Gasteiger partial charge in [-0.2, -0.15) is 0 Å². The highest BCUT2D eigenvalue weighted by atomic mass is 79.9. The summed E-state index contributed by atoms with van der Waals surface area (Å²) in [5, 5.41) is 1.13. The minimum atomic E-state index is 0.900. The van der Waals surface area contributed by atoms with Crippen molar-refractivity contribution in [3.05, 3.63) is 28.4 Å². The van der Waals surface area contributed by atoms with Gasteiger partial charge in [0, 0.05) is 47.8 Å². The molecule has 1 aliphatic rings. The Morgan fingerprint density at radius 2 is 1.86 bits per heavy atom. The van der Waals surface area contributed by atoms with E-state index in [1.54, 1.807) is 7.11 Å². The molecule has 0 atom stereocenters. The molecule has 1 fully saturated rings. The van der Waals surface area contributed by atoms with Crippen LogP contribution in [0.2, 0.25) is 0 Å². The summed E-state index contributed by atoms with van der Waals surface area (Å²) in [5.41, 5.74) is 3.13. The molecule has 1 aromatic carbocycles. The van der Waals surface area contributed by atoms with Gasteiger partial charge in [0.15, 0.2) is 0 Å². The predicted molar refractivity (Wildman–Crippen MR) is 90.4 cm³/mol. The van der Waals surface area contributed by atoms with E-state index >= 15 is 0 Å². The first kappa shape index (κ1) is 14.6. The molecule has 3 rings (SSSR count). The first-order chi connectivity index (χ1) is 10.1. The van der Waals surface area contributed by atoms with Crippen molar-refractivity contribution in [3.8, 4) is 5.75 Å². The number of hydrogen-bond acceptors (Lipinski definition) is 4. The zero-order valence-electron chi connectivity index (χ0n) is 12.7. The summed E-state index contributed by atoms with van der Waals surface area (Å²) in [4.78, 5) is 9.35. The molecule has 0 N–H and O–H groups in total. The summed E-state index contributed by atoms with van der Waals surface area (Å²) >= 11 is 3.65. The van der Waals surface area contributed by atoms with Crippen molar-refractivity contribution in [2.45, 2.75) is 6.92 Å². The van der Waals surface area contributed by atoms with Crippen LogP contribution in [0.25, 0.3) is 10.9 Å². The molecule has 1 saturated heterocycles. The summed E-state index contributed by atoms with van der Waals surface area (Å²) in [5.74, 6) is 0.900. The molecule has 2 heterocycles. The maximum atomic E-state index is 5.60. The van der Waals surface area contributed by atoms with Crippen molar-refractivity contribution in [1.29, 1.82) is 0 Å². The van der Waals surface area contributed by atoms with Crippen LogP contribution in [0.1, 0.15) is 5.69 Å². The topological polar surface area (TPSA) is 28.6 Å². The Hall–Kier alpha value is -1.33. The number of ether oxygens (including phenoxy) is 1. The van der Waals surface area contributed by atoms with Crippen LogP contribution in [-0.2, 0) is 0 Å². The quantitative estimate of drug-likeness (QED) is 0.832. The second kappa shape index (κ2) is 5.81. The third kappa shape index (κ3) is 2.85. The number of halogens is 1. The van der Waals surface area contributed by atoms with Crippen molar-refractivity contribution in [3.63, 3.8) is 0 Å². The maximum Gasteiger partial charge on any atom is 0.144 e. The molecule has 4 nitrogen and oxygen atoms in total. The smallest absolute Gasteiger partial charge is 0.144 e. The van der Waals surface area contributed by atoms with E-state index in [9.17, 15) is 0 Å². The highest BCUT2D eigenvalue weighted by molar-refractivity contribution is 9.10. The molecule has 0 amide bonds. The molecule has 0 unspecified atom stereocenters. The summed E-state index contributed by atoms with van der Waals surface area (Å²) in [6.45, 7) is 6.21. The lowest BCUT2D eigenvalue weighted by Gasteiger charge is -2.34. The minimum Gasteiger partial charge on any atom is -0.495 e. The highest BCUT2D eigenvalue weighted by Crippen LogP contribution is 2.36. The largest absolute Gasteiger partial charge is 0.495 e. The van der Waals surface area contributed by atoms with Crippen molar-refractivity contribution >= 4 is 32.5 Å². The summed E-state index contributed by atoms with van der Waals surface area (Å²) in [6.07, 6.45) is 0. The van der Waals surface area contributed by atoms with Gasteiger partial charge in [0.25, 0.3) is 0 Å². The molecule has 0 bridgehead atoms. The third-order valence-corrected chi connectivity index (χ3v) is 4.69. The number of rotatable bonds is 2. The van der Waals surface area contributed by atoms with E-state index < -0.39 is 0 Å². The number of hydrogen-bond donors (Lipinski definition) is 0. The van der Waals surface area contributed by atoms with Gasteiger partial charge in [0.1, 0.15) is 5.75 Å². The molecule has 5 heteroatoms. The molecule has 2 aromatic rings. The van der Waals surface area contributed by atoms with E-state index in [2.05, 4.69) is 49.9 Å². The Labute approximate surface area is 133 Å². The number of benzene rings is 1.